The van der Waals surface area contributed by atoms with Crippen LogP contribution in [0.2, 0.25) is 0 Å². The lowest BCUT2D eigenvalue weighted by molar-refractivity contribution is -0.137. The third-order valence-electron chi connectivity index (χ3n) is 8.65. The van der Waals surface area contributed by atoms with Crippen molar-refractivity contribution in [3.8, 4) is 11.5 Å². The van der Waals surface area contributed by atoms with Crippen LogP contribution in [-0.2, 0) is 25.6 Å². The molecule has 3 aromatic carbocycles. The summed E-state index contributed by atoms with van der Waals surface area (Å²) in [5.41, 5.74) is 3.87. The summed E-state index contributed by atoms with van der Waals surface area (Å²) in [7, 11) is 1.64. The molecular weight excluding hydrogens is 544 g/mol. The Morgan fingerprint density at radius 3 is 2.48 bits per heavy atom. The van der Waals surface area contributed by atoms with E-state index in [0.29, 0.717) is 24.4 Å². The van der Waals surface area contributed by atoms with Gasteiger partial charge in [0, 0.05) is 25.3 Å². The van der Waals surface area contributed by atoms with Gasteiger partial charge in [0.2, 0.25) is 0 Å². The molecule has 1 aliphatic carbocycles. The summed E-state index contributed by atoms with van der Waals surface area (Å²) in [6.07, 6.45) is 1.58. The van der Waals surface area contributed by atoms with E-state index >= 15 is 4.39 Å². The van der Waals surface area contributed by atoms with Gasteiger partial charge in [0.15, 0.2) is 11.6 Å². The van der Waals surface area contributed by atoms with Crippen LogP contribution >= 0.6 is 0 Å². The fourth-order valence-corrected chi connectivity index (χ4v) is 6.28. The van der Waals surface area contributed by atoms with Crippen LogP contribution in [-0.4, -0.2) is 44.8 Å². The van der Waals surface area contributed by atoms with Gasteiger partial charge >= 0.3 is 6.18 Å². The summed E-state index contributed by atoms with van der Waals surface area (Å²) in [5, 5.41) is 0. The number of halogens is 4. The number of ether oxygens (including phenoxy) is 2. The lowest BCUT2D eigenvalue weighted by atomic mass is 9.79. The minimum Gasteiger partial charge on any atom is -0.497 e. The van der Waals surface area contributed by atoms with Crippen molar-refractivity contribution < 1.29 is 27.0 Å². The van der Waals surface area contributed by atoms with E-state index in [1.54, 1.807) is 25.3 Å². The first kappa shape index (κ1) is 30.2. The second-order valence-corrected chi connectivity index (χ2v) is 11.4. The molecule has 226 valence electrons. The van der Waals surface area contributed by atoms with E-state index in [2.05, 4.69) is 11.0 Å². The molecular formula is C34H40F4N2O2. The Balaban J connectivity index is 1.35. The third kappa shape index (κ3) is 7.20. The molecule has 1 aliphatic heterocycles. The standard InChI is InChI=1S/C34H40F4N2O2/c1-3-40(23-24-7-14-33(31(35)19-24)42-18-17-39-15-5-4-6-16-39)32-22-28(34(36,37)38)11-13-30(32)27-9-8-26-21-29(41-2)12-10-25(26)20-27/h7,10-14,19,21-22,27H,3-6,8-9,15-18,20,23H2,1-2H3. The van der Waals surface area contributed by atoms with Crippen molar-refractivity contribution >= 4 is 5.69 Å². The molecule has 0 N–H and O–H groups in total. The van der Waals surface area contributed by atoms with E-state index < -0.39 is 17.6 Å². The van der Waals surface area contributed by atoms with Gasteiger partial charge in [0.1, 0.15) is 12.4 Å². The minimum absolute atomic E-state index is 0.0737. The van der Waals surface area contributed by atoms with E-state index in [1.807, 2.05) is 24.0 Å². The quantitative estimate of drug-likeness (QED) is 0.225. The van der Waals surface area contributed by atoms with E-state index in [4.69, 9.17) is 9.47 Å². The zero-order valence-corrected chi connectivity index (χ0v) is 24.5. The lowest BCUT2D eigenvalue weighted by Crippen LogP contribution is -2.33. The molecule has 8 heteroatoms. The number of anilines is 1. The van der Waals surface area contributed by atoms with Crippen molar-refractivity contribution in [2.75, 3.05) is 44.8 Å². The van der Waals surface area contributed by atoms with Gasteiger partial charge in [-0.2, -0.15) is 13.2 Å². The average molecular weight is 585 g/mol. The Labute approximate surface area is 246 Å². The molecule has 3 aromatic rings. The number of benzene rings is 3. The first-order chi connectivity index (χ1) is 20.2. The van der Waals surface area contributed by atoms with Crippen molar-refractivity contribution in [1.29, 1.82) is 0 Å². The van der Waals surface area contributed by atoms with Crippen LogP contribution in [0.1, 0.15) is 66.3 Å². The first-order valence-corrected chi connectivity index (χ1v) is 15.0. The van der Waals surface area contributed by atoms with E-state index in [0.717, 1.165) is 50.2 Å². The smallest absolute Gasteiger partial charge is 0.416 e. The molecule has 0 bridgehead atoms. The summed E-state index contributed by atoms with van der Waals surface area (Å²) in [4.78, 5) is 4.25. The zero-order chi connectivity index (χ0) is 29.7. The Morgan fingerprint density at radius 1 is 0.952 bits per heavy atom. The van der Waals surface area contributed by atoms with E-state index in [9.17, 15) is 13.2 Å². The van der Waals surface area contributed by atoms with Crippen LogP contribution < -0.4 is 14.4 Å². The van der Waals surface area contributed by atoms with Gasteiger partial charge in [-0.3, -0.25) is 4.90 Å². The van der Waals surface area contributed by atoms with Crippen LogP contribution in [0.15, 0.2) is 54.6 Å². The molecule has 0 amide bonds. The normalized spacial score (nSPS) is 17.5. The average Bonchev–Trinajstić information content (AvgIpc) is 3.00. The number of hydrogen-bond donors (Lipinski definition) is 0. The Bertz CT molecular complexity index is 1350. The van der Waals surface area contributed by atoms with Gasteiger partial charge in [-0.15, -0.1) is 0 Å². The molecule has 1 atom stereocenters. The summed E-state index contributed by atoms with van der Waals surface area (Å²) in [5.74, 6) is 0.636. The van der Waals surface area contributed by atoms with Crippen LogP contribution in [0.4, 0.5) is 23.2 Å². The van der Waals surface area contributed by atoms with Crippen LogP contribution in [0, 0.1) is 5.82 Å². The maximum Gasteiger partial charge on any atom is 0.416 e. The molecule has 0 spiro atoms. The SMILES string of the molecule is CCN(Cc1ccc(OCCN2CCCCC2)c(F)c1)c1cc(C(F)(F)F)ccc1C1CCc2cc(OC)ccc2C1. The summed E-state index contributed by atoms with van der Waals surface area (Å²) in [6, 6.07) is 15.0. The zero-order valence-electron chi connectivity index (χ0n) is 24.5. The minimum atomic E-state index is -4.46. The van der Waals surface area contributed by atoms with Crippen LogP contribution in [0.25, 0.3) is 0 Å². The highest BCUT2D eigenvalue weighted by Crippen LogP contribution is 2.41. The first-order valence-electron chi connectivity index (χ1n) is 15.0. The maximum absolute atomic E-state index is 15.0. The lowest BCUT2D eigenvalue weighted by Gasteiger charge is -2.32. The van der Waals surface area contributed by atoms with Crippen molar-refractivity contribution in [2.24, 2.45) is 0 Å². The van der Waals surface area contributed by atoms with Crippen molar-refractivity contribution in [3.05, 3.63) is 88.2 Å². The highest BCUT2D eigenvalue weighted by atomic mass is 19.4. The third-order valence-corrected chi connectivity index (χ3v) is 8.65. The van der Waals surface area contributed by atoms with Gasteiger partial charge in [-0.25, -0.2) is 4.39 Å². The molecule has 42 heavy (non-hydrogen) atoms. The second kappa shape index (κ2) is 13.4. The summed E-state index contributed by atoms with van der Waals surface area (Å²) < 4.78 is 67.6. The van der Waals surface area contributed by atoms with Crippen molar-refractivity contribution in [1.82, 2.24) is 4.90 Å². The van der Waals surface area contributed by atoms with Gasteiger partial charge in [-0.05, 0) is 117 Å². The molecule has 0 radical (unpaired) electrons. The molecule has 1 unspecified atom stereocenters. The number of nitrogens with zero attached hydrogens (tertiary/aromatic N) is 2. The predicted molar refractivity (Wildman–Crippen MR) is 158 cm³/mol. The van der Waals surface area contributed by atoms with Gasteiger partial charge in [-0.1, -0.05) is 24.6 Å². The number of methoxy groups -OCH3 is 1. The number of likely N-dealkylation sites (tertiary alicyclic amines) is 1. The molecule has 0 saturated carbocycles. The van der Waals surface area contributed by atoms with Crippen molar-refractivity contribution in [3.63, 3.8) is 0 Å². The van der Waals surface area contributed by atoms with Gasteiger partial charge in [0.05, 0.1) is 12.7 Å². The van der Waals surface area contributed by atoms with Crippen molar-refractivity contribution in [2.45, 2.75) is 64.1 Å². The highest BCUT2D eigenvalue weighted by molar-refractivity contribution is 5.59. The monoisotopic (exact) mass is 584 g/mol. The summed E-state index contributed by atoms with van der Waals surface area (Å²) >= 11 is 0. The number of rotatable bonds is 10. The molecule has 1 fully saturated rings. The molecule has 4 nitrogen and oxygen atoms in total. The Morgan fingerprint density at radius 2 is 1.76 bits per heavy atom. The molecule has 5 rings (SSSR count). The second-order valence-electron chi connectivity index (χ2n) is 11.4. The summed E-state index contributed by atoms with van der Waals surface area (Å²) in [6.45, 7) is 5.97. The van der Waals surface area contributed by atoms with Gasteiger partial charge < -0.3 is 14.4 Å². The molecule has 1 saturated heterocycles. The Hall–Kier alpha value is -3.26. The molecule has 1 heterocycles. The molecule has 0 aromatic heterocycles. The van der Waals surface area contributed by atoms with Crippen LogP contribution in [0.5, 0.6) is 11.5 Å². The van der Waals surface area contributed by atoms with E-state index in [1.165, 1.54) is 48.6 Å². The van der Waals surface area contributed by atoms with Gasteiger partial charge in [0.25, 0.3) is 0 Å². The fourth-order valence-electron chi connectivity index (χ4n) is 6.28. The van der Waals surface area contributed by atoms with Crippen LogP contribution in [0.3, 0.4) is 0 Å². The largest absolute Gasteiger partial charge is 0.497 e. The fraction of sp³-hybridized carbons (Fsp3) is 0.471. The maximum atomic E-state index is 15.0. The van der Waals surface area contributed by atoms with E-state index in [-0.39, 0.29) is 18.2 Å². The number of piperidine rings is 1. The predicted octanol–water partition coefficient (Wildman–Crippen LogP) is 8.02. The number of hydrogen-bond acceptors (Lipinski definition) is 4. The topological polar surface area (TPSA) is 24.9 Å². The number of aryl methyl sites for hydroxylation is 1. The number of alkyl halides is 3. The highest BCUT2D eigenvalue weighted by Gasteiger charge is 2.33. The molecule has 2 aliphatic rings. The Kier molecular flexibility index (Phi) is 9.61. The number of fused-ring (bicyclic) bond motifs is 1.